The Morgan fingerprint density at radius 2 is 2.05 bits per heavy atom. The first kappa shape index (κ1) is 15.1. The molecule has 0 fully saturated rings. The van der Waals surface area contributed by atoms with E-state index in [1.165, 1.54) is 0 Å². The molecule has 0 atom stereocenters. The van der Waals surface area contributed by atoms with Gasteiger partial charge in [0.25, 0.3) is 0 Å². The largest absolute Gasteiger partial charge is 0.479 e. The normalized spacial score (nSPS) is 10.7. The summed E-state index contributed by atoms with van der Waals surface area (Å²) in [6.45, 7) is 0.0826. The number of amides is 1. The number of aromatic nitrogens is 1. The summed E-state index contributed by atoms with van der Waals surface area (Å²) >= 11 is 0. The monoisotopic (exact) mass is 290 g/mol. The molecule has 0 unspecified atom stereocenters. The smallest absolute Gasteiger partial charge is 0.248 e. The maximum absolute atomic E-state index is 11.1. The molecule has 0 saturated carbocycles. The number of rotatable bonds is 8. The minimum atomic E-state index is -0.470. The molecule has 0 radical (unpaired) electrons. The second-order valence-electron chi connectivity index (χ2n) is 4.80. The minimum Gasteiger partial charge on any atom is -0.479 e. The number of nitrogens with one attached hydrogen (secondary N) is 1. The second kappa shape index (κ2) is 6.90. The fraction of sp³-hybridized carbons (Fsp3) is 0.333. The van der Waals surface area contributed by atoms with Gasteiger partial charge in [0.05, 0.1) is 6.61 Å². The van der Waals surface area contributed by atoms with Gasteiger partial charge in [-0.25, -0.2) is 0 Å². The van der Waals surface area contributed by atoms with Gasteiger partial charge >= 0.3 is 0 Å². The van der Waals surface area contributed by atoms with Crippen LogP contribution in [0.3, 0.4) is 0 Å². The van der Waals surface area contributed by atoms with Crippen molar-refractivity contribution in [3.05, 3.63) is 29.8 Å². The van der Waals surface area contributed by atoms with Crippen LogP contribution in [-0.4, -0.2) is 35.0 Å². The lowest BCUT2D eigenvalue weighted by atomic mass is 10.1. The van der Waals surface area contributed by atoms with Gasteiger partial charge in [0.2, 0.25) is 5.91 Å². The van der Waals surface area contributed by atoms with Crippen LogP contribution in [0.1, 0.15) is 29.6 Å². The Hall–Kier alpha value is -2.34. The minimum absolute atomic E-state index is 0.153. The van der Waals surface area contributed by atoms with Crippen LogP contribution in [-0.2, 0) is 4.79 Å². The number of ketones is 1. The number of carbonyl (C=O) groups excluding carboxylic acids is 2. The van der Waals surface area contributed by atoms with Crippen molar-refractivity contribution >= 4 is 22.6 Å². The van der Waals surface area contributed by atoms with E-state index in [9.17, 15) is 9.59 Å². The zero-order valence-corrected chi connectivity index (χ0v) is 11.6. The Kier molecular flexibility index (Phi) is 4.94. The van der Waals surface area contributed by atoms with Crippen molar-refractivity contribution in [2.24, 2.45) is 5.73 Å². The molecule has 0 aliphatic heterocycles. The standard InChI is InChI=1S/C15H18N2O4/c16-15(20)11-5-4-10-8-14(17-13(10)7-11)21-6-2-1-3-12(19)9-18/h4-5,7-8,17-18H,1-3,6,9H2,(H2,16,20). The Morgan fingerprint density at radius 3 is 2.76 bits per heavy atom. The summed E-state index contributed by atoms with van der Waals surface area (Å²) in [6.07, 6.45) is 1.79. The molecule has 112 valence electrons. The molecule has 0 saturated heterocycles. The number of aromatic amines is 1. The average Bonchev–Trinajstić information content (AvgIpc) is 2.88. The van der Waals surface area contributed by atoms with E-state index in [-0.39, 0.29) is 5.78 Å². The number of aliphatic hydroxyl groups is 1. The number of Topliss-reactive ketones (excluding diaryl/α,β-unsaturated/α-hetero) is 1. The molecule has 1 aromatic carbocycles. The molecular formula is C15H18N2O4. The van der Waals surface area contributed by atoms with Crippen LogP contribution in [0, 0.1) is 0 Å². The number of benzene rings is 1. The van der Waals surface area contributed by atoms with Crippen LogP contribution in [0.5, 0.6) is 5.88 Å². The van der Waals surface area contributed by atoms with Gasteiger partial charge in [-0.1, -0.05) is 6.07 Å². The van der Waals surface area contributed by atoms with E-state index in [0.29, 0.717) is 30.9 Å². The van der Waals surface area contributed by atoms with Crippen LogP contribution in [0.4, 0.5) is 0 Å². The highest BCUT2D eigenvalue weighted by Crippen LogP contribution is 2.21. The second-order valence-corrected chi connectivity index (χ2v) is 4.80. The van der Waals surface area contributed by atoms with Crippen molar-refractivity contribution in [2.75, 3.05) is 13.2 Å². The number of carbonyl (C=O) groups is 2. The summed E-state index contributed by atoms with van der Waals surface area (Å²) in [5.41, 5.74) is 6.46. The number of fused-ring (bicyclic) bond motifs is 1. The number of unbranched alkanes of at least 4 members (excludes halogenated alkanes) is 1. The maximum Gasteiger partial charge on any atom is 0.248 e. The van der Waals surface area contributed by atoms with Crippen LogP contribution in [0.2, 0.25) is 0 Å². The number of aliphatic hydroxyl groups excluding tert-OH is 1. The van der Waals surface area contributed by atoms with Crippen molar-refractivity contribution in [3.63, 3.8) is 0 Å². The van der Waals surface area contributed by atoms with E-state index in [0.717, 1.165) is 17.3 Å². The van der Waals surface area contributed by atoms with Gasteiger partial charge in [-0.05, 0) is 25.0 Å². The van der Waals surface area contributed by atoms with Gasteiger partial charge in [0, 0.05) is 29.0 Å². The van der Waals surface area contributed by atoms with Gasteiger partial charge in [-0.2, -0.15) is 0 Å². The van der Waals surface area contributed by atoms with Crippen molar-refractivity contribution < 1.29 is 19.4 Å². The number of nitrogens with two attached hydrogens (primary N) is 1. The van der Waals surface area contributed by atoms with Gasteiger partial charge in [-0.3, -0.25) is 9.59 Å². The van der Waals surface area contributed by atoms with E-state index in [1.54, 1.807) is 18.2 Å². The maximum atomic E-state index is 11.1. The predicted octanol–water partition coefficient (Wildman–Crippen LogP) is 1.38. The molecule has 21 heavy (non-hydrogen) atoms. The van der Waals surface area contributed by atoms with Crippen molar-refractivity contribution in [1.82, 2.24) is 4.98 Å². The molecule has 1 aromatic heterocycles. The molecule has 0 spiro atoms. The number of hydrogen-bond donors (Lipinski definition) is 3. The molecule has 0 aliphatic carbocycles. The van der Waals surface area contributed by atoms with E-state index in [2.05, 4.69) is 4.98 Å². The SMILES string of the molecule is NC(=O)c1ccc2cc(OCCCCC(=O)CO)[nH]c2c1. The van der Waals surface area contributed by atoms with E-state index >= 15 is 0 Å². The lowest BCUT2D eigenvalue weighted by molar-refractivity contribution is -0.121. The van der Waals surface area contributed by atoms with E-state index in [4.69, 9.17) is 15.6 Å². The van der Waals surface area contributed by atoms with E-state index in [1.807, 2.05) is 6.07 Å². The number of ether oxygens (including phenoxy) is 1. The third-order valence-electron chi connectivity index (χ3n) is 3.17. The Bertz CT molecular complexity index is 648. The zero-order chi connectivity index (χ0) is 15.2. The third kappa shape index (κ3) is 4.06. The molecule has 2 aromatic rings. The van der Waals surface area contributed by atoms with Gasteiger partial charge in [0.15, 0.2) is 11.7 Å². The molecule has 0 aliphatic rings. The quantitative estimate of drug-likeness (QED) is 0.638. The molecule has 1 amide bonds. The Morgan fingerprint density at radius 1 is 1.24 bits per heavy atom. The van der Waals surface area contributed by atoms with Crippen LogP contribution in [0.15, 0.2) is 24.3 Å². The number of primary amides is 1. The average molecular weight is 290 g/mol. The topological polar surface area (TPSA) is 105 Å². The molecule has 0 bridgehead atoms. The predicted molar refractivity (Wildman–Crippen MR) is 78.3 cm³/mol. The van der Waals surface area contributed by atoms with Crippen molar-refractivity contribution in [3.8, 4) is 5.88 Å². The van der Waals surface area contributed by atoms with Crippen molar-refractivity contribution in [2.45, 2.75) is 19.3 Å². The Balaban J connectivity index is 1.88. The fourth-order valence-electron chi connectivity index (χ4n) is 2.02. The highest BCUT2D eigenvalue weighted by molar-refractivity contribution is 5.97. The highest BCUT2D eigenvalue weighted by atomic mass is 16.5. The summed E-state index contributed by atoms with van der Waals surface area (Å²) < 4.78 is 5.56. The summed E-state index contributed by atoms with van der Waals surface area (Å²) in [6, 6.07) is 7.00. The summed E-state index contributed by atoms with van der Waals surface area (Å²) in [4.78, 5) is 25.1. The first-order valence-electron chi connectivity index (χ1n) is 6.78. The summed E-state index contributed by atoms with van der Waals surface area (Å²) in [7, 11) is 0. The molecule has 6 nitrogen and oxygen atoms in total. The van der Waals surface area contributed by atoms with Gasteiger partial charge < -0.3 is 20.6 Å². The number of H-pyrrole nitrogens is 1. The number of hydrogen-bond acceptors (Lipinski definition) is 4. The lowest BCUT2D eigenvalue weighted by Gasteiger charge is -2.02. The molecule has 4 N–H and O–H groups in total. The first-order chi connectivity index (χ1) is 10.1. The van der Waals surface area contributed by atoms with Crippen LogP contribution in [0.25, 0.3) is 10.9 Å². The summed E-state index contributed by atoms with van der Waals surface area (Å²) in [5.74, 6) is -0.0118. The summed E-state index contributed by atoms with van der Waals surface area (Å²) in [5, 5.41) is 9.53. The van der Waals surface area contributed by atoms with Crippen LogP contribution < -0.4 is 10.5 Å². The third-order valence-corrected chi connectivity index (χ3v) is 3.17. The molecule has 1 heterocycles. The van der Waals surface area contributed by atoms with E-state index < -0.39 is 12.5 Å². The fourth-order valence-corrected chi connectivity index (χ4v) is 2.02. The molecular weight excluding hydrogens is 272 g/mol. The zero-order valence-electron chi connectivity index (χ0n) is 11.6. The van der Waals surface area contributed by atoms with Crippen molar-refractivity contribution in [1.29, 1.82) is 0 Å². The van der Waals surface area contributed by atoms with Gasteiger partial charge in [0.1, 0.15) is 6.61 Å². The van der Waals surface area contributed by atoms with Crippen LogP contribution >= 0.6 is 0 Å². The molecule has 6 heteroatoms. The first-order valence-corrected chi connectivity index (χ1v) is 6.78. The highest BCUT2D eigenvalue weighted by Gasteiger charge is 2.06. The lowest BCUT2D eigenvalue weighted by Crippen LogP contribution is -2.10. The Labute approximate surface area is 121 Å². The molecule has 2 rings (SSSR count). The van der Waals surface area contributed by atoms with Gasteiger partial charge in [-0.15, -0.1) is 0 Å².